The van der Waals surface area contributed by atoms with Crippen LogP contribution >= 0.6 is 11.6 Å². The van der Waals surface area contributed by atoms with Gasteiger partial charge in [-0.1, -0.05) is 82.2 Å². The summed E-state index contributed by atoms with van der Waals surface area (Å²) >= 11 is 6.04. The Balaban J connectivity index is 1.40. The third kappa shape index (κ3) is 8.19. The molecule has 4 aliphatic heterocycles. The number of allylic oxidation sites excluding steroid dienone is 2. The highest BCUT2D eigenvalue weighted by Crippen LogP contribution is 2.48. The maximum absolute atomic E-state index is 14.5. The highest BCUT2D eigenvalue weighted by molar-refractivity contribution is 6.30. The van der Waals surface area contributed by atoms with Gasteiger partial charge in [-0.15, -0.1) is 0 Å². The molecular formula is C43H53ClO10. The molecule has 0 unspecified atom stereocenters. The molecule has 4 heterocycles. The van der Waals surface area contributed by atoms with Crippen molar-refractivity contribution in [3.8, 4) is 0 Å². The van der Waals surface area contributed by atoms with E-state index in [0.29, 0.717) is 29.0 Å². The van der Waals surface area contributed by atoms with Gasteiger partial charge in [-0.05, 0) is 73.2 Å². The van der Waals surface area contributed by atoms with Crippen LogP contribution in [-0.2, 0) is 38.0 Å². The van der Waals surface area contributed by atoms with Crippen LogP contribution in [0.4, 0.5) is 0 Å². The number of carbonyl (C=O) groups excluding carboxylic acids is 3. The van der Waals surface area contributed by atoms with E-state index < -0.39 is 65.7 Å². The van der Waals surface area contributed by atoms with Crippen molar-refractivity contribution >= 4 is 29.5 Å². The van der Waals surface area contributed by atoms with Crippen LogP contribution < -0.4 is 0 Å². The molecule has 1 aromatic rings. The van der Waals surface area contributed by atoms with Crippen LogP contribution in [-0.4, -0.2) is 77.6 Å². The summed E-state index contributed by atoms with van der Waals surface area (Å²) < 4.78 is 38.0. The number of rotatable bonds is 5. The van der Waals surface area contributed by atoms with Gasteiger partial charge in [0.25, 0.3) is 0 Å². The Hall–Kier alpha value is -3.54. The predicted octanol–water partition coefficient (Wildman–Crippen LogP) is 7.40. The molecule has 0 amide bonds. The van der Waals surface area contributed by atoms with Gasteiger partial charge in [0, 0.05) is 36.6 Å². The van der Waals surface area contributed by atoms with Gasteiger partial charge in [-0.2, -0.15) is 0 Å². The molecule has 2 saturated heterocycles. The molecule has 292 valence electrons. The minimum atomic E-state index is -1.92. The second-order valence-electron chi connectivity index (χ2n) is 15.7. The average Bonchev–Trinajstić information content (AvgIpc) is 3.47. The number of benzene rings is 1. The molecule has 2 bridgehead atoms. The molecule has 1 aromatic carbocycles. The van der Waals surface area contributed by atoms with E-state index in [0.717, 1.165) is 12.0 Å². The van der Waals surface area contributed by atoms with Crippen molar-refractivity contribution in [1.29, 1.82) is 0 Å². The average molecular weight is 765 g/mol. The second-order valence-corrected chi connectivity index (χ2v) is 16.1. The number of ether oxygens (including phenoxy) is 6. The highest BCUT2D eigenvalue weighted by atomic mass is 35.5. The summed E-state index contributed by atoms with van der Waals surface area (Å²) in [5, 5.41) is 13.2. The van der Waals surface area contributed by atoms with Crippen molar-refractivity contribution in [3.63, 3.8) is 0 Å². The first-order valence-corrected chi connectivity index (χ1v) is 19.5. The Morgan fingerprint density at radius 2 is 1.76 bits per heavy atom. The zero-order chi connectivity index (χ0) is 38.9. The first kappa shape index (κ1) is 40.1. The molecule has 1 N–H and O–H groups in total. The normalized spacial score (nSPS) is 39.8. The largest absolute Gasteiger partial charge is 0.462 e. The number of halogens is 1. The van der Waals surface area contributed by atoms with Gasteiger partial charge >= 0.3 is 17.9 Å². The first-order chi connectivity index (χ1) is 25.6. The van der Waals surface area contributed by atoms with E-state index in [2.05, 4.69) is 26.8 Å². The van der Waals surface area contributed by atoms with Crippen molar-refractivity contribution in [2.24, 2.45) is 23.7 Å². The van der Waals surface area contributed by atoms with E-state index in [-0.39, 0.29) is 42.4 Å². The Morgan fingerprint density at radius 1 is 1.02 bits per heavy atom. The fraction of sp³-hybridized carbons (Fsp3) is 0.558. The number of fused-ring (bicyclic) bond motifs is 2. The Kier molecular flexibility index (Phi) is 12.1. The fourth-order valence-electron chi connectivity index (χ4n) is 8.43. The van der Waals surface area contributed by atoms with E-state index in [1.54, 1.807) is 49.4 Å². The van der Waals surface area contributed by atoms with Crippen LogP contribution in [0.3, 0.4) is 0 Å². The summed E-state index contributed by atoms with van der Waals surface area (Å²) in [6.07, 6.45) is 11.3. The molecule has 0 saturated carbocycles. The zero-order valence-electron chi connectivity index (χ0n) is 32.2. The number of esters is 3. The summed E-state index contributed by atoms with van der Waals surface area (Å²) in [6.45, 7) is 13.4. The summed E-state index contributed by atoms with van der Waals surface area (Å²) in [5.41, 5.74) is 0.179. The maximum atomic E-state index is 14.5. The van der Waals surface area contributed by atoms with Crippen LogP contribution in [0.15, 0.2) is 83.5 Å². The van der Waals surface area contributed by atoms with Crippen molar-refractivity contribution in [3.05, 3.63) is 94.1 Å². The first-order valence-electron chi connectivity index (χ1n) is 19.1. The molecule has 12 atom stereocenters. The van der Waals surface area contributed by atoms with Crippen LogP contribution in [0.2, 0.25) is 5.02 Å². The monoisotopic (exact) mass is 764 g/mol. The smallest absolute Gasteiger partial charge is 0.338 e. The molecule has 0 aromatic heterocycles. The van der Waals surface area contributed by atoms with Crippen LogP contribution in [0, 0.1) is 23.7 Å². The quantitative estimate of drug-likeness (QED) is 0.184. The number of hydrogen-bond acceptors (Lipinski definition) is 10. The Labute approximate surface area is 323 Å². The standard InChI is InChI=1S/C43H53ClO10/c1-8-24(2)37-27(5)18-19-42(54-37)22-34-21-33(53-42)17-12-26(4)36(50-29(7)45)25(3)10-9-11-31-23-49-39-38(52-40(46)30-13-15-32(44)16-14-30)28(6)20-35(41(47)51-34)43(31,39)48/h9-16,18-20,24-25,27,33-39,48H,8,17,21-23H2,1-7H3/b10-9+,26-12+,31-11+/t24-,25-,27-,33+,34-,35-,36-,37+,38+,39+,42+,43+/m0/s1. The number of carbonyl (C=O) groups is 3. The predicted molar refractivity (Wildman–Crippen MR) is 202 cm³/mol. The van der Waals surface area contributed by atoms with Crippen molar-refractivity contribution in [1.82, 2.24) is 0 Å². The molecule has 1 aliphatic carbocycles. The lowest BCUT2D eigenvalue weighted by molar-refractivity contribution is -0.300. The van der Waals surface area contributed by atoms with Gasteiger partial charge in [0.15, 0.2) is 11.9 Å². The SMILES string of the molecule is CC[C@H](C)[C@H]1O[C@]2(C=C[C@@H]1C)C[C@@H]1C[C@@H](C/C=C(\C)[C@@H](OC(C)=O)[C@@H](C)/C=C/C=C3\CO[C@@H]4[C@H](OC(=O)c5ccc(Cl)cc5)C(C)=C[C@@H](C(=O)O1)[C@]34O)O2. The van der Waals surface area contributed by atoms with E-state index >= 15 is 0 Å². The van der Waals surface area contributed by atoms with Crippen LogP contribution in [0.5, 0.6) is 0 Å². The zero-order valence-corrected chi connectivity index (χ0v) is 32.9. The van der Waals surface area contributed by atoms with Crippen LogP contribution in [0.1, 0.15) is 84.5 Å². The van der Waals surface area contributed by atoms with Gasteiger partial charge in [0.05, 0.1) is 24.4 Å². The van der Waals surface area contributed by atoms with Gasteiger partial charge in [-0.3, -0.25) is 9.59 Å². The minimum absolute atomic E-state index is 0.0254. The second kappa shape index (κ2) is 16.3. The van der Waals surface area contributed by atoms with E-state index in [9.17, 15) is 19.5 Å². The topological polar surface area (TPSA) is 127 Å². The van der Waals surface area contributed by atoms with Gasteiger partial charge in [0.1, 0.15) is 29.8 Å². The minimum Gasteiger partial charge on any atom is -0.462 e. The van der Waals surface area contributed by atoms with Gasteiger partial charge < -0.3 is 33.5 Å². The number of hydrogen-bond donors (Lipinski definition) is 1. The Morgan fingerprint density at radius 3 is 2.46 bits per heavy atom. The number of aliphatic hydroxyl groups is 1. The summed E-state index contributed by atoms with van der Waals surface area (Å²) in [4.78, 5) is 40.1. The summed E-state index contributed by atoms with van der Waals surface area (Å²) in [5.74, 6) is -3.79. The highest BCUT2D eigenvalue weighted by Gasteiger charge is 2.61. The van der Waals surface area contributed by atoms with E-state index in [1.807, 2.05) is 32.1 Å². The van der Waals surface area contributed by atoms with E-state index in [4.69, 9.17) is 40.0 Å². The lowest BCUT2D eigenvalue weighted by Gasteiger charge is -2.48. The maximum Gasteiger partial charge on any atom is 0.338 e. The van der Waals surface area contributed by atoms with Crippen molar-refractivity contribution in [2.45, 2.75) is 122 Å². The molecule has 54 heavy (non-hydrogen) atoms. The Bertz CT molecular complexity index is 1740. The van der Waals surface area contributed by atoms with Gasteiger partial charge in [0.2, 0.25) is 0 Å². The third-order valence-electron chi connectivity index (χ3n) is 11.6. The molecule has 6 rings (SSSR count). The summed E-state index contributed by atoms with van der Waals surface area (Å²) in [7, 11) is 0. The van der Waals surface area contributed by atoms with Crippen LogP contribution in [0.25, 0.3) is 0 Å². The molecule has 2 fully saturated rings. The molecule has 11 heteroatoms. The summed E-state index contributed by atoms with van der Waals surface area (Å²) in [6, 6.07) is 6.31. The molecule has 10 nitrogen and oxygen atoms in total. The molecule has 5 aliphatic rings. The molecular weight excluding hydrogens is 712 g/mol. The third-order valence-corrected chi connectivity index (χ3v) is 11.8. The van der Waals surface area contributed by atoms with Gasteiger partial charge in [-0.25, -0.2) is 4.79 Å². The fourth-order valence-corrected chi connectivity index (χ4v) is 8.56. The molecule has 1 spiro atoms. The molecule has 0 radical (unpaired) electrons. The lowest BCUT2D eigenvalue weighted by Crippen LogP contribution is -2.59. The van der Waals surface area contributed by atoms with Crippen molar-refractivity contribution < 1.29 is 47.9 Å². The van der Waals surface area contributed by atoms with Crippen molar-refractivity contribution in [2.75, 3.05) is 6.61 Å². The lowest BCUT2D eigenvalue weighted by atomic mass is 9.70. The van der Waals surface area contributed by atoms with E-state index in [1.165, 1.54) is 6.92 Å².